The number of sulfonamides is 1. The van der Waals surface area contributed by atoms with Crippen molar-refractivity contribution in [3.63, 3.8) is 0 Å². The van der Waals surface area contributed by atoms with Crippen molar-refractivity contribution in [1.29, 1.82) is 0 Å². The fourth-order valence-corrected chi connectivity index (χ4v) is 4.33. The van der Waals surface area contributed by atoms with E-state index < -0.39 is 10.0 Å². The molecule has 0 aliphatic carbocycles. The summed E-state index contributed by atoms with van der Waals surface area (Å²) in [6.45, 7) is 4.21. The number of aromatic nitrogens is 3. The number of anilines is 2. The summed E-state index contributed by atoms with van der Waals surface area (Å²) in [7, 11) is -1.66. The number of benzene rings is 1. The summed E-state index contributed by atoms with van der Waals surface area (Å²) in [5.41, 5.74) is 3.73. The Balaban J connectivity index is 1.66. The van der Waals surface area contributed by atoms with Gasteiger partial charge in [0.15, 0.2) is 0 Å². The van der Waals surface area contributed by atoms with Gasteiger partial charge in [0, 0.05) is 37.4 Å². The van der Waals surface area contributed by atoms with E-state index in [2.05, 4.69) is 24.8 Å². The zero-order chi connectivity index (χ0) is 19.4. The molecule has 27 heavy (non-hydrogen) atoms. The second-order valence-electron chi connectivity index (χ2n) is 6.44. The highest BCUT2D eigenvalue weighted by molar-refractivity contribution is 7.92. The highest BCUT2D eigenvalue weighted by Gasteiger charge is 2.22. The molecule has 2 aromatic heterocycles. The molecule has 2 heterocycles. The third-order valence-corrected chi connectivity index (χ3v) is 6.02. The van der Waals surface area contributed by atoms with Crippen molar-refractivity contribution >= 4 is 21.4 Å². The Morgan fingerprint density at radius 1 is 1.07 bits per heavy atom. The third kappa shape index (κ3) is 4.46. The van der Waals surface area contributed by atoms with Gasteiger partial charge in [-0.3, -0.25) is 14.8 Å². The number of H-pyrrole nitrogens is 1. The van der Waals surface area contributed by atoms with Gasteiger partial charge >= 0.3 is 0 Å². The van der Waals surface area contributed by atoms with Crippen LogP contribution in [-0.2, 0) is 16.4 Å². The number of rotatable bonds is 7. The number of pyridine rings is 1. The van der Waals surface area contributed by atoms with Crippen LogP contribution in [0.1, 0.15) is 17.0 Å². The first kappa shape index (κ1) is 18.9. The van der Waals surface area contributed by atoms with Crippen LogP contribution in [0.3, 0.4) is 0 Å². The van der Waals surface area contributed by atoms with Crippen molar-refractivity contribution in [3.8, 4) is 0 Å². The van der Waals surface area contributed by atoms with E-state index in [9.17, 15) is 8.42 Å². The molecule has 0 bridgehead atoms. The van der Waals surface area contributed by atoms with E-state index in [1.54, 1.807) is 38.4 Å². The van der Waals surface area contributed by atoms with Crippen LogP contribution in [0.4, 0.5) is 11.4 Å². The maximum atomic E-state index is 12.6. The predicted molar refractivity (Wildman–Crippen MR) is 107 cm³/mol. The first-order chi connectivity index (χ1) is 12.9. The molecular weight excluding hydrogens is 362 g/mol. The molecule has 2 N–H and O–H groups in total. The van der Waals surface area contributed by atoms with Crippen molar-refractivity contribution in [2.24, 2.45) is 0 Å². The van der Waals surface area contributed by atoms with Crippen LogP contribution in [0.15, 0.2) is 53.7 Å². The lowest BCUT2D eigenvalue weighted by Crippen LogP contribution is -2.20. The quantitative estimate of drug-likeness (QED) is 0.653. The molecule has 1 aromatic carbocycles. The normalized spacial score (nSPS) is 11.4. The standard InChI is InChI=1S/C19H23N5O2S/c1-14-19(15(2)22-21-14)27(25,26)23-17-4-6-18(7-5-17)24(3)13-10-16-8-11-20-12-9-16/h4-9,11-12,23H,10,13H2,1-3H3,(H,21,22). The third-order valence-electron chi connectivity index (χ3n) is 4.37. The molecule has 7 nitrogen and oxygen atoms in total. The summed E-state index contributed by atoms with van der Waals surface area (Å²) >= 11 is 0. The molecule has 142 valence electrons. The minimum atomic E-state index is -3.67. The summed E-state index contributed by atoms with van der Waals surface area (Å²) in [6.07, 6.45) is 4.49. The second-order valence-corrected chi connectivity index (χ2v) is 8.06. The first-order valence-electron chi connectivity index (χ1n) is 8.61. The van der Waals surface area contributed by atoms with Crippen LogP contribution in [0.5, 0.6) is 0 Å². The van der Waals surface area contributed by atoms with Gasteiger partial charge < -0.3 is 4.90 Å². The van der Waals surface area contributed by atoms with Crippen molar-refractivity contribution in [1.82, 2.24) is 15.2 Å². The van der Waals surface area contributed by atoms with Gasteiger partial charge in [0.1, 0.15) is 4.90 Å². The lowest BCUT2D eigenvalue weighted by atomic mass is 10.2. The summed E-state index contributed by atoms with van der Waals surface area (Å²) in [5, 5.41) is 6.65. The number of hydrogen-bond donors (Lipinski definition) is 2. The van der Waals surface area contributed by atoms with Crippen LogP contribution >= 0.6 is 0 Å². The van der Waals surface area contributed by atoms with E-state index in [-0.39, 0.29) is 4.90 Å². The van der Waals surface area contributed by atoms with Crippen molar-refractivity contribution in [2.45, 2.75) is 25.2 Å². The molecule has 0 radical (unpaired) electrons. The van der Waals surface area contributed by atoms with E-state index in [4.69, 9.17) is 0 Å². The number of aromatic amines is 1. The molecule has 0 aliphatic heterocycles. The number of aryl methyl sites for hydroxylation is 2. The molecule has 8 heteroatoms. The van der Waals surface area contributed by atoms with E-state index in [0.717, 1.165) is 18.7 Å². The Morgan fingerprint density at radius 2 is 1.74 bits per heavy atom. The lowest BCUT2D eigenvalue weighted by molar-refractivity contribution is 0.600. The summed E-state index contributed by atoms with van der Waals surface area (Å²) in [6, 6.07) is 11.3. The molecule has 0 saturated carbocycles. The summed E-state index contributed by atoms with van der Waals surface area (Å²) < 4.78 is 27.8. The second kappa shape index (κ2) is 7.79. The fourth-order valence-electron chi connectivity index (χ4n) is 2.90. The van der Waals surface area contributed by atoms with Gasteiger partial charge in [-0.15, -0.1) is 0 Å². The number of nitrogens with one attached hydrogen (secondary N) is 2. The highest BCUT2D eigenvalue weighted by atomic mass is 32.2. The number of likely N-dealkylation sites (N-methyl/N-ethyl adjacent to an activating group) is 1. The number of hydrogen-bond acceptors (Lipinski definition) is 5. The minimum absolute atomic E-state index is 0.195. The lowest BCUT2D eigenvalue weighted by Gasteiger charge is -2.19. The fraction of sp³-hybridized carbons (Fsp3) is 0.263. The van der Waals surface area contributed by atoms with Gasteiger partial charge in [-0.05, 0) is 62.2 Å². The van der Waals surface area contributed by atoms with Crippen molar-refractivity contribution < 1.29 is 8.42 Å². The highest BCUT2D eigenvalue weighted by Crippen LogP contribution is 2.23. The van der Waals surface area contributed by atoms with Crippen LogP contribution < -0.4 is 9.62 Å². The van der Waals surface area contributed by atoms with Crippen LogP contribution in [0, 0.1) is 13.8 Å². The predicted octanol–water partition coefficient (Wildman–Crippen LogP) is 2.90. The molecule has 0 aliphatic rings. The van der Waals surface area contributed by atoms with Gasteiger partial charge in [0.2, 0.25) is 0 Å². The van der Waals surface area contributed by atoms with Crippen molar-refractivity contribution in [3.05, 3.63) is 65.7 Å². The molecule has 3 aromatic rings. The van der Waals surface area contributed by atoms with Gasteiger partial charge in [-0.1, -0.05) is 0 Å². The van der Waals surface area contributed by atoms with Gasteiger partial charge in [0.05, 0.1) is 11.4 Å². The van der Waals surface area contributed by atoms with E-state index in [1.165, 1.54) is 5.56 Å². The van der Waals surface area contributed by atoms with E-state index in [0.29, 0.717) is 17.1 Å². The SMILES string of the molecule is Cc1n[nH]c(C)c1S(=O)(=O)Nc1ccc(N(C)CCc2ccncc2)cc1. The first-order valence-corrected chi connectivity index (χ1v) is 10.1. The zero-order valence-corrected chi connectivity index (χ0v) is 16.4. The molecule has 0 saturated heterocycles. The Kier molecular flexibility index (Phi) is 5.46. The molecule has 0 fully saturated rings. The molecular formula is C19H23N5O2S. The topological polar surface area (TPSA) is 91.0 Å². The molecule has 0 atom stereocenters. The zero-order valence-electron chi connectivity index (χ0n) is 15.6. The van der Waals surface area contributed by atoms with Gasteiger partial charge in [0.25, 0.3) is 10.0 Å². The van der Waals surface area contributed by atoms with Gasteiger partial charge in [-0.2, -0.15) is 5.10 Å². The van der Waals surface area contributed by atoms with E-state index >= 15 is 0 Å². The average molecular weight is 385 g/mol. The maximum absolute atomic E-state index is 12.6. The Labute approximate surface area is 159 Å². The largest absolute Gasteiger partial charge is 0.374 e. The summed E-state index contributed by atoms with van der Waals surface area (Å²) in [5.74, 6) is 0. The molecule has 0 spiro atoms. The van der Waals surface area contributed by atoms with Gasteiger partial charge in [-0.25, -0.2) is 8.42 Å². The van der Waals surface area contributed by atoms with Crippen LogP contribution in [0.2, 0.25) is 0 Å². The van der Waals surface area contributed by atoms with E-state index in [1.807, 2.05) is 31.3 Å². The Hall–Kier alpha value is -2.87. The molecule has 0 amide bonds. The van der Waals surface area contributed by atoms with Crippen LogP contribution in [0.25, 0.3) is 0 Å². The number of nitrogens with zero attached hydrogens (tertiary/aromatic N) is 3. The molecule has 3 rings (SSSR count). The summed E-state index contributed by atoms with van der Waals surface area (Å²) in [4.78, 5) is 6.35. The molecule has 0 unspecified atom stereocenters. The minimum Gasteiger partial charge on any atom is -0.374 e. The Morgan fingerprint density at radius 3 is 2.33 bits per heavy atom. The van der Waals surface area contributed by atoms with Crippen molar-refractivity contribution in [2.75, 3.05) is 23.2 Å². The Bertz CT molecular complexity index is 979. The van der Waals surface area contributed by atoms with Crippen LogP contribution in [-0.4, -0.2) is 37.2 Å². The average Bonchev–Trinajstić information content (AvgIpc) is 3.00. The monoisotopic (exact) mass is 385 g/mol. The smallest absolute Gasteiger partial charge is 0.265 e. The maximum Gasteiger partial charge on any atom is 0.265 e.